The predicted octanol–water partition coefficient (Wildman–Crippen LogP) is 9.01. The van der Waals surface area contributed by atoms with Crippen molar-refractivity contribution in [1.82, 2.24) is 0 Å². The first-order valence-corrected chi connectivity index (χ1v) is 17.1. The molecule has 4 N–H and O–H groups in total. The summed E-state index contributed by atoms with van der Waals surface area (Å²) in [7, 11) is -9.21. The lowest BCUT2D eigenvalue weighted by Gasteiger charge is -2.10. The molecule has 0 fully saturated rings. The number of nitrogens with zero attached hydrogens (tertiary/aromatic N) is 4. The van der Waals surface area contributed by atoms with E-state index >= 15 is 0 Å². The Morgan fingerprint density at radius 2 is 0.792 bits per heavy atom. The maximum atomic E-state index is 12.0. The Kier molecular flexibility index (Phi) is 8.26. The number of rotatable bonds is 7. The Morgan fingerprint density at radius 3 is 1.12 bits per heavy atom. The highest BCUT2D eigenvalue weighted by atomic mass is 32.2. The summed E-state index contributed by atoms with van der Waals surface area (Å²) in [6, 6.07) is 25.3. The topological polar surface area (TPSA) is 199 Å². The first-order valence-electron chi connectivity index (χ1n) is 14.2. The SMILES string of the molecule is Cc1cc(-c2ccc(N=Nc3cc(S(=O)(=O)O)c4ccccc4c3O)c(C)c2)ccc1N=Nc1cc(S(=O)(=O)O)c2ccccc2c1O. The van der Waals surface area contributed by atoms with Crippen molar-refractivity contribution >= 4 is 64.5 Å². The molecule has 0 spiro atoms. The molecule has 0 aromatic heterocycles. The van der Waals surface area contributed by atoms with Crippen LogP contribution in [0.2, 0.25) is 0 Å². The number of aromatic hydroxyl groups is 2. The third-order valence-electron chi connectivity index (χ3n) is 7.73. The Bertz CT molecular complexity index is 2390. The molecule has 12 nitrogen and oxygen atoms in total. The average Bonchev–Trinajstić information content (AvgIpc) is 3.04. The molecule has 0 aliphatic carbocycles. The quantitative estimate of drug-likeness (QED) is 0.0944. The highest BCUT2D eigenvalue weighted by Gasteiger charge is 2.21. The van der Waals surface area contributed by atoms with Crippen LogP contribution < -0.4 is 0 Å². The van der Waals surface area contributed by atoms with E-state index in [4.69, 9.17) is 0 Å². The van der Waals surface area contributed by atoms with Crippen LogP contribution in [0.15, 0.2) is 127 Å². The average molecular weight is 683 g/mol. The monoisotopic (exact) mass is 682 g/mol. The van der Waals surface area contributed by atoms with Gasteiger partial charge in [-0.2, -0.15) is 27.1 Å². The van der Waals surface area contributed by atoms with Gasteiger partial charge in [0.2, 0.25) is 0 Å². The summed E-state index contributed by atoms with van der Waals surface area (Å²) >= 11 is 0. The lowest BCUT2D eigenvalue weighted by molar-refractivity contribution is 0.477. The van der Waals surface area contributed by atoms with Gasteiger partial charge in [0.1, 0.15) is 21.2 Å². The molecule has 0 heterocycles. The fraction of sp³-hybridized carbons (Fsp3) is 0.0588. The number of aryl methyl sites for hydroxylation is 2. The van der Waals surface area contributed by atoms with E-state index in [1.807, 2.05) is 38.1 Å². The smallest absolute Gasteiger partial charge is 0.295 e. The van der Waals surface area contributed by atoms with Crippen molar-refractivity contribution in [3.63, 3.8) is 0 Å². The summed E-state index contributed by atoms with van der Waals surface area (Å²) < 4.78 is 67.5. The largest absolute Gasteiger partial charge is 0.505 e. The molecule has 14 heteroatoms. The first kappa shape index (κ1) is 32.4. The van der Waals surface area contributed by atoms with Gasteiger partial charge in [-0.25, -0.2) is 0 Å². The normalized spacial score (nSPS) is 12.5. The van der Waals surface area contributed by atoms with Gasteiger partial charge in [-0.3, -0.25) is 9.11 Å². The van der Waals surface area contributed by atoms with E-state index in [1.54, 1.807) is 36.4 Å². The third kappa shape index (κ3) is 6.24. The second-order valence-corrected chi connectivity index (χ2v) is 13.7. The van der Waals surface area contributed by atoms with Gasteiger partial charge in [-0.05, 0) is 72.5 Å². The van der Waals surface area contributed by atoms with E-state index in [2.05, 4.69) is 20.5 Å². The van der Waals surface area contributed by atoms with Gasteiger partial charge < -0.3 is 10.2 Å². The highest BCUT2D eigenvalue weighted by Crippen LogP contribution is 2.41. The fourth-order valence-electron chi connectivity index (χ4n) is 5.31. The van der Waals surface area contributed by atoms with Crippen molar-refractivity contribution in [2.24, 2.45) is 20.5 Å². The zero-order valence-corrected chi connectivity index (χ0v) is 26.9. The molecule has 0 amide bonds. The van der Waals surface area contributed by atoms with Crippen LogP contribution >= 0.6 is 0 Å². The lowest BCUT2D eigenvalue weighted by atomic mass is 10.0. The van der Waals surface area contributed by atoms with Gasteiger partial charge in [0.25, 0.3) is 20.2 Å². The molecule has 0 radical (unpaired) electrons. The molecule has 6 rings (SSSR count). The van der Waals surface area contributed by atoms with E-state index in [0.717, 1.165) is 34.4 Å². The van der Waals surface area contributed by atoms with Crippen molar-refractivity contribution in [1.29, 1.82) is 0 Å². The molecule has 0 saturated carbocycles. The van der Waals surface area contributed by atoms with Gasteiger partial charge in [-0.1, -0.05) is 60.7 Å². The van der Waals surface area contributed by atoms with Crippen LogP contribution in [0.3, 0.4) is 0 Å². The molecule has 0 atom stereocenters. The summed E-state index contributed by atoms with van der Waals surface area (Å²) in [6.45, 7) is 3.63. The highest BCUT2D eigenvalue weighted by molar-refractivity contribution is 7.86. The summed E-state index contributed by atoms with van der Waals surface area (Å²) in [5.74, 6) is -0.558. The minimum Gasteiger partial charge on any atom is -0.505 e. The van der Waals surface area contributed by atoms with E-state index in [1.165, 1.54) is 24.3 Å². The van der Waals surface area contributed by atoms with Crippen LogP contribution in [-0.4, -0.2) is 36.2 Å². The van der Waals surface area contributed by atoms with Crippen LogP contribution in [0.25, 0.3) is 32.7 Å². The summed E-state index contributed by atoms with van der Waals surface area (Å²) in [5.41, 5.74) is 3.80. The predicted molar refractivity (Wildman–Crippen MR) is 181 cm³/mol. The minimum atomic E-state index is -4.61. The molecular formula is C34H26N4O8S2. The van der Waals surface area contributed by atoms with Crippen molar-refractivity contribution in [3.8, 4) is 22.6 Å². The molecule has 48 heavy (non-hydrogen) atoms. The Labute approximate surface area is 274 Å². The number of hydrogen-bond donors (Lipinski definition) is 4. The fourth-order valence-corrected chi connectivity index (χ4v) is 6.75. The van der Waals surface area contributed by atoms with Crippen molar-refractivity contribution < 1.29 is 36.2 Å². The Hall–Kier alpha value is -5.54. The lowest BCUT2D eigenvalue weighted by Crippen LogP contribution is -1.99. The summed E-state index contributed by atoms with van der Waals surface area (Å²) in [5, 5.41) is 38.8. The van der Waals surface area contributed by atoms with Crippen LogP contribution in [0.4, 0.5) is 22.7 Å². The molecule has 0 aliphatic rings. The molecule has 0 unspecified atom stereocenters. The molecule has 0 bridgehead atoms. The molecule has 6 aromatic rings. The maximum Gasteiger partial charge on any atom is 0.295 e. The summed E-state index contributed by atoms with van der Waals surface area (Å²) in [6.07, 6.45) is 0. The van der Waals surface area contributed by atoms with Crippen LogP contribution in [-0.2, 0) is 20.2 Å². The minimum absolute atomic E-state index is 0.128. The van der Waals surface area contributed by atoms with E-state index < -0.39 is 30.0 Å². The van der Waals surface area contributed by atoms with Crippen LogP contribution in [0.5, 0.6) is 11.5 Å². The van der Waals surface area contributed by atoms with E-state index in [-0.39, 0.29) is 44.4 Å². The number of azo groups is 2. The third-order valence-corrected chi connectivity index (χ3v) is 9.52. The van der Waals surface area contributed by atoms with Crippen LogP contribution in [0, 0.1) is 13.8 Å². The van der Waals surface area contributed by atoms with Crippen molar-refractivity contribution in [2.75, 3.05) is 0 Å². The maximum absolute atomic E-state index is 12.0. The number of phenols is 2. The van der Waals surface area contributed by atoms with E-state index in [9.17, 15) is 36.2 Å². The van der Waals surface area contributed by atoms with Crippen molar-refractivity contribution in [2.45, 2.75) is 23.6 Å². The van der Waals surface area contributed by atoms with Crippen LogP contribution in [0.1, 0.15) is 11.1 Å². The van der Waals surface area contributed by atoms with Gasteiger partial charge in [-0.15, -0.1) is 10.2 Å². The number of phenolic OH excluding ortho intramolecular Hbond substituents is 2. The number of hydrogen-bond acceptors (Lipinski definition) is 10. The van der Waals surface area contributed by atoms with Gasteiger partial charge in [0.15, 0.2) is 11.5 Å². The summed E-state index contributed by atoms with van der Waals surface area (Å²) in [4.78, 5) is -0.792. The molecule has 242 valence electrons. The second-order valence-electron chi connectivity index (χ2n) is 10.9. The second kappa shape index (κ2) is 12.2. The van der Waals surface area contributed by atoms with Gasteiger partial charge in [0.05, 0.1) is 11.4 Å². The number of benzene rings is 6. The first-order chi connectivity index (χ1) is 22.7. The molecule has 0 aliphatic heterocycles. The number of fused-ring (bicyclic) bond motifs is 2. The zero-order valence-electron chi connectivity index (χ0n) is 25.3. The van der Waals surface area contributed by atoms with Gasteiger partial charge in [0, 0.05) is 21.5 Å². The standard InChI is InChI=1S/C34H26N4O8S2/c1-19-15-21(11-13-27(19)35-37-29-17-31(47(41,42)43)23-7-3-5-9-25(23)33(29)39)22-12-14-28(20(2)16-22)36-38-30-18-32(48(44,45)46)24-8-4-6-10-26(24)34(30)40/h3-18,39-40H,1-2H3,(H,41,42,43)(H,44,45,46). The Balaban J connectivity index is 1.28. The van der Waals surface area contributed by atoms with Crippen molar-refractivity contribution in [3.05, 3.63) is 108 Å². The van der Waals surface area contributed by atoms with Gasteiger partial charge >= 0.3 is 0 Å². The molecule has 0 saturated heterocycles. The van der Waals surface area contributed by atoms with E-state index in [0.29, 0.717) is 11.4 Å². The zero-order chi connectivity index (χ0) is 34.4. The molecular weight excluding hydrogens is 657 g/mol. The Morgan fingerprint density at radius 1 is 0.458 bits per heavy atom. The molecule has 6 aromatic carbocycles.